The maximum Gasteiger partial charge on any atom is 0.308 e. The minimum Gasteiger partial charge on any atom is -0.469 e. The number of carbonyl (C=O) groups excluding carboxylic acids is 2. The summed E-state index contributed by atoms with van der Waals surface area (Å²) in [5.41, 5.74) is 0.503. The van der Waals surface area contributed by atoms with Crippen LogP contribution in [0.1, 0.15) is 12.8 Å². The van der Waals surface area contributed by atoms with Gasteiger partial charge in [-0.25, -0.2) is 0 Å². The fourth-order valence-corrected chi connectivity index (χ4v) is 2.83. The number of carbonyl (C=O) groups is 2. The highest BCUT2D eigenvalue weighted by Crippen LogP contribution is 2.29. The number of anilines is 1. The Bertz CT molecular complexity index is 558. The molecule has 1 N–H and O–H groups in total. The van der Waals surface area contributed by atoms with E-state index >= 15 is 0 Å². The molecule has 0 bridgehead atoms. The van der Waals surface area contributed by atoms with Gasteiger partial charge in [0.2, 0.25) is 5.91 Å². The lowest BCUT2D eigenvalue weighted by Crippen LogP contribution is -2.41. The molecule has 1 aliphatic rings. The van der Waals surface area contributed by atoms with Crippen molar-refractivity contribution in [2.45, 2.75) is 12.8 Å². The predicted molar refractivity (Wildman–Crippen MR) is 86.3 cm³/mol. The summed E-state index contributed by atoms with van der Waals surface area (Å²) in [5.74, 6) is -0.387. The molecule has 0 atom stereocenters. The van der Waals surface area contributed by atoms with Crippen molar-refractivity contribution in [2.75, 3.05) is 32.1 Å². The van der Waals surface area contributed by atoms with Crippen LogP contribution in [0.4, 0.5) is 5.69 Å². The highest BCUT2D eigenvalue weighted by molar-refractivity contribution is 6.43. The van der Waals surface area contributed by atoms with Crippen LogP contribution in [0, 0.1) is 5.92 Å². The van der Waals surface area contributed by atoms with E-state index in [1.54, 1.807) is 18.2 Å². The van der Waals surface area contributed by atoms with Gasteiger partial charge in [-0.3, -0.25) is 14.5 Å². The van der Waals surface area contributed by atoms with Gasteiger partial charge in [0.05, 0.1) is 35.3 Å². The quantitative estimate of drug-likeness (QED) is 0.853. The summed E-state index contributed by atoms with van der Waals surface area (Å²) in [6, 6.07) is 5.10. The summed E-state index contributed by atoms with van der Waals surface area (Å²) in [6.07, 6.45) is 1.41. The average molecular weight is 345 g/mol. The SMILES string of the molecule is COC(=O)C1CCN(CC(=O)Nc2cccc(Cl)c2Cl)CC1. The van der Waals surface area contributed by atoms with Crippen molar-refractivity contribution in [3.63, 3.8) is 0 Å². The number of piperidine rings is 1. The highest BCUT2D eigenvalue weighted by atomic mass is 35.5. The van der Waals surface area contributed by atoms with E-state index in [-0.39, 0.29) is 24.3 Å². The van der Waals surface area contributed by atoms with Crippen LogP contribution in [0.5, 0.6) is 0 Å². The van der Waals surface area contributed by atoms with Gasteiger partial charge in [0.1, 0.15) is 0 Å². The second-order valence-corrected chi connectivity index (χ2v) is 6.01. The number of rotatable bonds is 4. The van der Waals surface area contributed by atoms with Crippen LogP contribution in [0.15, 0.2) is 18.2 Å². The zero-order valence-electron chi connectivity index (χ0n) is 12.3. The fraction of sp³-hybridized carbons (Fsp3) is 0.467. The summed E-state index contributed by atoms with van der Waals surface area (Å²) in [5, 5.41) is 3.49. The van der Waals surface area contributed by atoms with Crippen LogP contribution in [-0.4, -0.2) is 43.5 Å². The number of methoxy groups -OCH3 is 1. The van der Waals surface area contributed by atoms with Crippen LogP contribution in [0.2, 0.25) is 10.0 Å². The summed E-state index contributed by atoms with van der Waals surface area (Å²) in [4.78, 5) is 25.5. The molecule has 120 valence electrons. The molecule has 2 rings (SSSR count). The van der Waals surface area contributed by atoms with Crippen LogP contribution in [-0.2, 0) is 14.3 Å². The number of halogens is 2. The van der Waals surface area contributed by atoms with Crippen molar-refractivity contribution in [1.29, 1.82) is 0 Å². The van der Waals surface area contributed by atoms with Crippen molar-refractivity contribution in [3.05, 3.63) is 28.2 Å². The second kappa shape index (κ2) is 7.81. The van der Waals surface area contributed by atoms with Gasteiger partial charge >= 0.3 is 5.97 Å². The Balaban J connectivity index is 1.83. The van der Waals surface area contributed by atoms with E-state index in [4.69, 9.17) is 27.9 Å². The topological polar surface area (TPSA) is 58.6 Å². The number of benzene rings is 1. The Morgan fingerprint density at radius 1 is 1.32 bits per heavy atom. The van der Waals surface area contributed by atoms with Crippen molar-refractivity contribution in [1.82, 2.24) is 4.90 Å². The van der Waals surface area contributed by atoms with Gasteiger partial charge in [-0.05, 0) is 38.1 Å². The van der Waals surface area contributed by atoms with E-state index in [0.29, 0.717) is 41.7 Å². The lowest BCUT2D eigenvalue weighted by atomic mass is 9.97. The van der Waals surface area contributed by atoms with Crippen molar-refractivity contribution in [2.24, 2.45) is 5.92 Å². The van der Waals surface area contributed by atoms with Gasteiger partial charge < -0.3 is 10.1 Å². The van der Waals surface area contributed by atoms with E-state index < -0.39 is 0 Å². The minimum absolute atomic E-state index is 0.0633. The van der Waals surface area contributed by atoms with Gasteiger partial charge in [-0.15, -0.1) is 0 Å². The number of nitrogens with one attached hydrogen (secondary N) is 1. The third-order valence-corrected chi connectivity index (χ3v) is 4.53. The number of hydrogen-bond acceptors (Lipinski definition) is 4. The van der Waals surface area contributed by atoms with Crippen LogP contribution in [0.3, 0.4) is 0 Å². The van der Waals surface area contributed by atoms with E-state index in [1.807, 2.05) is 4.90 Å². The number of esters is 1. The molecule has 1 heterocycles. The molecule has 1 saturated heterocycles. The van der Waals surface area contributed by atoms with E-state index in [0.717, 1.165) is 0 Å². The Morgan fingerprint density at radius 2 is 2.00 bits per heavy atom. The van der Waals surface area contributed by atoms with Crippen molar-refractivity contribution >= 4 is 40.8 Å². The molecule has 1 amide bonds. The summed E-state index contributed by atoms with van der Waals surface area (Å²) >= 11 is 11.9. The number of hydrogen-bond donors (Lipinski definition) is 1. The molecule has 0 radical (unpaired) electrons. The summed E-state index contributed by atoms with van der Waals surface area (Å²) in [7, 11) is 1.40. The van der Waals surface area contributed by atoms with Gasteiger partial charge in [0.25, 0.3) is 0 Å². The maximum atomic E-state index is 12.1. The van der Waals surface area contributed by atoms with E-state index in [9.17, 15) is 9.59 Å². The van der Waals surface area contributed by atoms with Crippen molar-refractivity contribution < 1.29 is 14.3 Å². The fourth-order valence-electron chi connectivity index (χ4n) is 2.49. The highest BCUT2D eigenvalue weighted by Gasteiger charge is 2.26. The second-order valence-electron chi connectivity index (χ2n) is 5.22. The normalized spacial score (nSPS) is 16.3. The molecular formula is C15H18Cl2N2O3. The Kier molecular flexibility index (Phi) is 6.06. The first-order chi connectivity index (χ1) is 10.5. The zero-order chi connectivity index (χ0) is 16.1. The number of ether oxygens (including phenoxy) is 1. The largest absolute Gasteiger partial charge is 0.469 e. The van der Waals surface area contributed by atoms with Gasteiger partial charge in [0, 0.05) is 0 Å². The molecule has 0 spiro atoms. The van der Waals surface area contributed by atoms with Crippen molar-refractivity contribution in [3.8, 4) is 0 Å². The monoisotopic (exact) mass is 344 g/mol. The first-order valence-electron chi connectivity index (χ1n) is 7.05. The average Bonchev–Trinajstić information content (AvgIpc) is 2.52. The smallest absolute Gasteiger partial charge is 0.308 e. The molecule has 5 nitrogen and oxygen atoms in total. The standard InChI is InChI=1S/C15H18Cl2N2O3/c1-22-15(21)10-5-7-19(8-6-10)9-13(20)18-12-4-2-3-11(16)14(12)17/h2-4,10H,5-9H2,1H3,(H,18,20). The molecular weight excluding hydrogens is 327 g/mol. The van der Waals surface area contributed by atoms with E-state index in [2.05, 4.69) is 5.32 Å². The molecule has 0 unspecified atom stereocenters. The third kappa shape index (κ3) is 4.35. The summed E-state index contributed by atoms with van der Waals surface area (Å²) in [6.45, 7) is 1.64. The summed E-state index contributed by atoms with van der Waals surface area (Å²) < 4.78 is 4.75. The van der Waals surface area contributed by atoms with Crippen LogP contribution < -0.4 is 5.32 Å². The Hall–Kier alpha value is -1.30. The maximum absolute atomic E-state index is 12.1. The molecule has 7 heteroatoms. The molecule has 0 aliphatic carbocycles. The number of nitrogens with zero attached hydrogens (tertiary/aromatic N) is 1. The molecule has 1 aromatic rings. The minimum atomic E-state index is -0.171. The Labute approximate surface area is 139 Å². The van der Waals surface area contributed by atoms with Gasteiger partial charge in [0.15, 0.2) is 0 Å². The zero-order valence-corrected chi connectivity index (χ0v) is 13.8. The van der Waals surface area contributed by atoms with E-state index in [1.165, 1.54) is 7.11 Å². The van der Waals surface area contributed by atoms with Crippen LogP contribution in [0.25, 0.3) is 0 Å². The van der Waals surface area contributed by atoms with Crippen LogP contribution >= 0.6 is 23.2 Å². The predicted octanol–water partition coefficient (Wildman–Crippen LogP) is 2.82. The lowest BCUT2D eigenvalue weighted by Gasteiger charge is -2.30. The number of amides is 1. The first kappa shape index (κ1) is 17.1. The molecule has 1 fully saturated rings. The first-order valence-corrected chi connectivity index (χ1v) is 7.81. The molecule has 1 aromatic carbocycles. The molecule has 0 aromatic heterocycles. The Morgan fingerprint density at radius 3 is 2.64 bits per heavy atom. The lowest BCUT2D eigenvalue weighted by molar-refractivity contribution is -0.147. The number of likely N-dealkylation sites (tertiary alicyclic amines) is 1. The van der Waals surface area contributed by atoms with Gasteiger partial charge in [-0.2, -0.15) is 0 Å². The third-order valence-electron chi connectivity index (χ3n) is 3.71. The molecule has 0 saturated carbocycles. The molecule has 1 aliphatic heterocycles. The van der Waals surface area contributed by atoms with Gasteiger partial charge in [-0.1, -0.05) is 29.3 Å². The molecule has 22 heavy (non-hydrogen) atoms.